The number of carbonyl (C=O) groups excluding carboxylic acids is 1. The number of carbonyl (C=O) groups is 1. The number of nitrogens with zero attached hydrogens (tertiary/aromatic N) is 6. The third kappa shape index (κ3) is 4.56. The van der Waals surface area contributed by atoms with Gasteiger partial charge in [-0.15, -0.1) is 10.2 Å². The van der Waals surface area contributed by atoms with Crippen LogP contribution in [0.3, 0.4) is 0 Å². The average molecular weight is 431 g/mol. The summed E-state index contributed by atoms with van der Waals surface area (Å²) in [6, 6.07) is 16.4. The highest BCUT2D eigenvalue weighted by Crippen LogP contribution is 2.30. The number of tetrazole rings is 1. The molecule has 2 aromatic carbocycles. The molecule has 0 atom stereocenters. The summed E-state index contributed by atoms with van der Waals surface area (Å²) in [5.74, 6) is 1.38. The summed E-state index contributed by atoms with van der Waals surface area (Å²) in [4.78, 5) is 16.8. The fourth-order valence-corrected chi connectivity index (χ4v) is 3.50. The van der Waals surface area contributed by atoms with E-state index in [-0.39, 0.29) is 17.8 Å². The summed E-state index contributed by atoms with van der Waals surface area (Å²) in [7, 11) is 0. The molecule has 0 radical (unpaired) electrons. The van der Waals surface area contributed by atoms with Crippen LogP contribution in [0.2, 0.25) is 0 Å². The molecule has 9 heteroatoms. The van der Waals surface area contributed by atoms with E-state index in [9.17, 15) is 4.79 Å². The summed E-state index contributed by atoms with van der Waals surface area (Å²) in [6.07, 6.45) is 1.45. The zero-order chi connectivity index (χ0) is 22.5. The first-order valence-electron chi connectivity index (χ1n) is 10.7. The molecule has 2 heterocycles. The molecule has 164 valence electrons. The molecule has 4 rings (SSSR count). The lowest BCUT2D eigenvalue weighted by Crippen LogP contribution is -2.25. The Balaban J connectivity index is 1.58. The van der Waals surface area contributed by atoms with E-state index in [1.807, 2.05) is 49.7 Å². The summed E-state index contributed by atoms with van der Waals surface area (Å²) < 4.78 is 1.82. The van der Waals surface area contributed by atoms with Crippen molar-refractivity contribution >= 4 is 5.91 Å². The Morgan fingerprint density at radius 3 is 2.50 bits per heavy atom. The fourth-order valence-electron chi connectivity index (χ4n) is 3.50. The minimum atomic E-state index is -0.235. The number of nitrogens with one attached hydrogen (secondary N) is 2. The minimum absolute atomic E-state index is 0.104. The molecule has 4 aromatic rings. The number of H-pyrrole nitrogens is 1. The van der Waals surface area contributed by atoms with E-state index in [4.69, 9.17) is 0 Å². The van der Waals surface area contributed by atoms with Crippen molar-refractivity contribution in [2.45, 2.75) is 39.7 Å². The third-order valence-electron chi connectivity index (χ3n) is 5.08. The smallest absolute Gasteiger partial charge is 0.290 e. The third-order valence-corrected chi connectivity index (χ3v) is 5.08. The maximum atomic E-state index is 12.3. The Kier molecular flexibility index (Phi) is 6.34. The van der Waals surface area contributed by atoms with Crippen molar-refractivity contribution in [3.63, 3.8) is 0 Å². The Morgan fingerprint density at radius 1 is 1.09 bits per heavy atom. The molecule has 0 saturated heterocycles. The number of amides is 1. The Bertz CT molecular complexity index is 1180. The van der Waals surface area contributed by atoms with Crippen LogP contribution in [0, 0.1) is 0 Å². The van der Waals surface area contributed by atoms with Crippen molar-refractivity contribution in [1.29, 1.82) is 0 Å². The average Bonchev–Trinajstić information content (AvgIpc) is 3.49. The topological polar surface area (TPSA) is 114 Å². The summed E-state index contributed by atoms with van der Waals surface area (Å²) >= 11 is 0. The standard InChI is InChI=1S/C23H26N8O/c1-4-13-24-23(32)22-25-20(31(28-22)15(2)3)14-16-9-11-17(12-10-16)18-7-5-6-8-19(18)21-26-29-30-27-21/h5-12,15H,4,13-14H2,1-3H3,(H,24,32)(H,26,27,29,30). The van der Waals surface area contributed by atoms with Crippen molar-refractivity contribution in [3.05, 3.63) is 65.7 Å². The molecule has 0 bridgehead atoms. The number of aromatic nitrogens is 7. The zero-order valence-corrected chi connectivity index (χ0v) is 18.4. The van der Waals surface area contributed by atoms with Gasteiger partial charge in [-0.2, -0.15) is 0 Å². The van der Waals surface area contributed by atoms with Gasteiger partial charge in [0.1, 0.15) is 5.82 Å². The monoisotopic (exact) mass is 430 g/mol. The van der Waals surface area contributed by atoms with Crippen molar-refractivity contribution < 1.29 is 4.79 Å². The lowest BCUT2D eigenvalue weighted by molar-refractivity contribution is 0.0943. The van der Waals surface area contributed by atoms with Crippen LogP contribution in [0.1, 0.15) is 55.2 Å². The van der Waals surface area contributed by atoms with Gasteiger partial charge in [0.05, 0.1) is 0 Å². The molecule has 0 unspecified atom stereocenters. The number of hydrogen-bond acceptors (Lipinski definition) is 6. The van der Waals surface area contributed by atoms with Gasteiger partial charge in [0, 0.05) is 24.6 Å². The van der Waals surface area contributed by atoms with E-state index in [0.717, 1.165) is 34.5 Å². The van der Waals surface area contributed by atoms with Gasteiger partial charge in [-0.3, -0.25) is 4.79 Å². The van der Waals surface area contributed by atoms with Gasteiger partial charge in [0.25, 0.3) is 5.91 Å². The molecule has 1 amide bonds. The van der Waals surface area contributed by atoms with Gasteiger partial charge >= 0.3 is 0 Å². The van der Waals surface area contributed by atoms with E-state index in [2.05, 4.69) is 60.3 Å². The lowest BCUT2D eigenvalue weighted by atomic mass is 9.98. The molecule has 2 aromatic heterocycles. The quantitative estimate of drug-likeness (QED) is 0.443. The minimum Gasteiger partial charge on any atom is -0.349 e. The number of hydrogen-bond donors (Lipinski definition) is 2. The molecule has 0 fully saturated rings. The molecule has 2 N–H and O–H groups in total. The van der Waals surface area contributed by atoms with E-state index >= 15 is 0 Å². The second-order valence-electron chi connectivity index (χ2n) is 7.81. The molecular formula is C23H26N8O. The Labute approximate surface area is 186 Å². The first kappa shape index (κ1) is 21.4. The Morgan fingerprint density at radius 2 is 1.84 bits per heavy atom. The number of rotatable bonds is 8. The second-order valence-corrected chi connectivity index (χ2v) is 7.81. The van der Waals surface area contributed by atoms with Crippen LogP contribution < -0.4 is 5.32 Å². The normalized spacial score (nSPS) is 11.1. The molecule has 0 aliphatic carbocycles. The molecule has 32 heavy (non-hydrogen) atoms. The second kappa shape index (κ2) is 9.51. The van der Waals surface area contributed by atoms with E-state index in [1.54, 1.807) is 0 Å². The summed E-state index contributed by atoms with van der Waals surface area (Å²) in [5, 5.41) is 21.5. The molecule has 0 saturated carbocycles. The van der Waals surface area contributed by atoms with Crippen molar-refractivity contribution in [2.24, 2.45) is 0 Å². The van der Waals surface area contributed by atoms with Crippen LogP contribution >= 0.6 is 0 Å². The maximum absolute atomic E-state index is 12.3. The van der Waals surface area contributed by atoms with Gasteiger partial charge in [-0.25, -0.2) is 14.8 Å². The van der Waals surface area contributed by atoms with Gasteiger partial charge < -0.3 is 5.32 Å². The predicted octanol–water partition coefficient (Wildman–Crippen LogP) is 3.44. The zero-order valence-electron chi connectivity index (χ0n) is 18.4. The lowest BCUT2D eigenvalue weighted by Gasteiger charge is -2.10. The van der Waals surface area contributed by atoms with Crippen LogP contribution in [-0.4, -0.2) is 47.8 Å². The predicted molar refractivity (Wildman–Crippen MR) is 121 cm³/mol. The van der Waals surface area contributed by atoms with Gasteiger partial charge in [0.15, 0.2) is 5.82 Å². The highest BCUT2D eigenvalue weighted by atomic mass is 16.2. The van der Waals surface area contributed by atoms with Crippen LogP contribution in [-0.2, 0) is 6.42 Å². The van der Waals surface area contributed by atoms with E-state index < -0.39 is 0 Å². The van der Waals surface area contributed by atoms with Gasteiger partial charge in [-0.1, -0.05) is 55.5 Å². The molecule has 0 aliphatic rings. The summed E-state index contributed by atoms with van der Waals surface area (Å²) in [6.45, 7) is 6.68. The first-order valence-corrected chi connectivity index (χ1v) is 10.7. The Hall–Kier alpha value is -3.88. The van der Waals surface area contributed by atoms with Crippen LogP contribution in [0.5, 0.6) is 0 Å². The SMILES string of the molecule is CCCNC(=O)c1nc(Cc2ccc(-c3ccccc3-c3nnn[nH]3)cc2)n(C(C)C)n1. The van der Waals surface area contributed by atoms with Gasteiger partial charge in [0.2, 0.25) is 5.82 Å². The van der Waals surface area contributed by atoms with Crippen molar-refractivity contribution in [1.82, 2.24) is 40.7 Å². The van der Waals surface area contributed by atoms with Gasteiger partial charge in [-0.05, 0) is 47.4 Å². The largest absolute Gasteiger partial charge is 0.349 e. The van der Waals surface area contributed by atoms with Crippen LogP contribution in [0.15, 0.2) is 48.5 Å². The van der Waals surface area contributed by atoms with Crippen molar-refractivity contribution in [2.75, 3.05) is 6.54 Å². The maximum Gasteiger partial charge on any atom is 0.290 e. The molecular weight excluding hydrogens is 404 g/mol. The first-order chi connectivity index (χ1) is 15.6. The van der Waals surface area contributed by atoms with E-state index in [0.29, 0.717) is 18.8 Å². The number of aromatic amines is 1. The summed E-state index contributed by atoms with van der Waals surface area (Å²) in [5.41, 5.74) is 4.12. The molecule has 9 nitrogen and oxygen atoms in total. The number of benzene rings is 2. The highest BCUT2D eigenvalue weighted by molar-refractivity contribution is 5.90. The van der Waals surface area contributed by atoms with E-state index in [1.165, 1.54) is 0 Å². The molecule has 0 spiro atoms. The fraction of sp³-hybridized carbons (Fsp3) is 0.304. The van der Waals surface area contributed by atoms with Crippen LogP contribution in [0.25, 0.3) is 22.5 Å². The van der Waals surface area contributed by atoms with Crippen LogP contribution in [0.4, 0.5) is 0 Å². The molecule has 0 aliphatic heterocycles. The highest BCUT2D eigenvalue weighted by Gasteiger charge is 2.18. The van der Waals surface area contributed by atoms with Crippen molar-refractivity contribution in [3.8, 4) is 22.5 Å².